The molecule has 0 heterocycles. The summed E-state index contributed by atoms with van der Waals surface area (Å²) in [5.74, 6) is -0.846. The number of esters is 1. The minimum atomic E-state index is -0.576. The molecular weight excluding hydrogens is 168 g/mol. The summed E-state index contributed by atoms with van der Waals surface area (Å²) in [5, 5.41) is 0. The summed E-state index contributed by atoms with van der Waals surface area (Å²) in [4.78, 5) is 22.2. The molecule has 13 heavy (non-hydrogen) atoms. The Morgan fingerprint density at radius 3 is 2.15 bits per heavy atom. The van der Waals surface area contributed by atoms with Crippen LogP contribution < -0.4 is 0 Å². The van der Waals surface area contributed by atoms with Crippen molar-refractivity contribution in [2.45, 2.75) is 20.8 Å². The Hall–Kier alpha value is -1.38. The van der Waals surface area contributed by atoms with Crippen LogP contribution in [-0.4, -0.2) is 18.4 Å². The standard InChI is InChI=1S/C10H14O3/c1-5-6-13-10(12)9(7(2)3)8(4)11/h5H,1,6H2,2-4H3. The van der Waals surface area contributed by atoms with Gasteiger partial charge in [0.1, 0.15) is 12.2 Å². The molecule has 3 nitrogen and oxygen atoms in total. The number of hydrogen-bond donors (Lipinski definition) is 0. The van der Waals surface area contributed by atoms with Gasteiger partial charge in [-0.2, -0.15) is 0 Å². The van der Waals surface area contributed by atoms with Gasteiger partial charge in [0, 0.05) is 0 Å². The lowest BCUT2D eigenvalue weighted by molar-refractivity contribution is -0.139. The van der Waals surface area contributed by atoms with Crippen LogP contribution >= 0.6 is 0 Å². The number of ether oxygens (including phenoxy) is 1. The number of carbonyl (C=O) groups excluding carboxylic acids is 2. The van der Waals surface area contributed by atoms with Crippen molar-refractivity contribution in [3.05, 3.63) is 23.8 Å². The molecule has 0 amide bonds. The zero-order valence-corrected chi connectivity index (χ0v) is 8.22. The highest BCUT2D eigenvalue weighted by atomic mass is 16.5. The van der Waals surface area contributed by atoms with Gasteiger partial charge in [-0.15, -0.1) is 0 Å². The van der Waals surface area contributed by atoms with Crippen LogP contribution in [0.25, 0.3) is 0 Å². The minimum absolute atomic E-state index is 0.127. The van der Waals surface area contributed by atoms with Gasteiger partial charge in [-0.1, -0.05) is 18.2 Å². The molecule has 0 aliphatic carbocycles. The third-order valence-corrected chi connectivity index (χ3v) is 1.39. The molecule has 0 fully saturated rings. The van der Waals surface area contributed by atoms with E-state index in [2.05, 4.69) is 6.58 Å². The van der Waals surface area contributed by atoms with Crippen LogP contribution in [0.1, 0.15) is 20.8 Å². The summed E-state index contributed by atoms with van der Waals surface area (Å²) in [6, 6.07) is 0. The molecule has 0 aromatic rings. The van der Waals surface area contributed by atoms with Gasteiger partial charge in [-0.3, -0.25) is 4.79 Å². The minimum Gasteiger partial charge on any atom is -0.458 e. The summed E-state index contributed by atoms with van der Waals surface area (Å²) >= 11 is 0. The Kier molecular flexibility index (Phi) is 4.74. The fourth-order valence-corrected chi connectivity index (χ4v) is 0.907. The molecule has 0 aromatic carbocycles. The number of Topliss-reactive ketones (excluding diaryl/α,β-unsaturated/α-hetero) is 1. The third kappa shape index (κ3) is 3.69. The molecule has 0 rings (SSSR count). The molecule has 3 heteroatoms. The Bertz CT molecular complexity index is 257. The normalized spacial score (nSPS) is 8.85. The molecule has 0 aliphatic heterocycles. The number of hydrogen-bond acceptors (Lipinski definition) is 3. The fraction of sp³-hybridized carbons (Fsp3) is 0.400. The maximum Gasteiger partial charge on any atom is 0.341 e. The highest BCUT2D eigenvalue weighted by Crippen LogP contribution is 2.06. The smallest absolute Gasteiger partial charge is 0.341 e. The predicted molar refractivity (Wildman–Crippen MR) is 50.2 cm³/mol. The Morgan fingerprint density at radius 1 is 1.31 bits per heavy atom. The summed E-state index contributed by atoms with van der Waals surface area (Å²) < 4.78 is 4.74. The van der Waals surface area contributed by atoms with E-state index in [4.69, 9.17) is 4.74 Å². The second kappa shape index (κ2) is 5.30. The highest BCUT2D eigenvalue weighted by molar-refractivity contribution is 6.16. The first-order chi connectivity index (χ1) is 6.00. The number of carbonyl (C=O) groups is 2. The van der Waals surface area contributed by atoms with Crippen molar-refractivity contribution < 1.29 is 14.3 Å². The van der Waals surface area contributed by atoms with Gasteiger partial charge in [-0.05, 0) is 20.8 Å². The van der Waals surface area contributed by atoms with E-state index < -0.39 is 5.97 Å². The summed E-state index contributed by atoms with van der Waals surface area (Å²) in [6.45, 7) is 8.28. The maximum absolute atomic E-state index is 11.2. The molecule has 0 saturated carbocycles. The van der Waals surface area contributed by atoms with Crippen molar-refractivity contribution in [2.75, 3.05) is 6.61 Å². The quantitative estimate of drug-likeness (QED) is 0.218. The van der Waals surface area contributed by atoms with Gasteiger partial charge in [0.2, 0.25) is 0 Å². The van der Waals surface area contributed by atoms with Gasteiger partial charge in [0.05, 0.1) is 0 Å². The van der Waals surface area contributed by atoms with Crippen molar-refractivity contribution in [3.8, 4) is 0 Å². The number of allylic oxidation sites excluding steroid dienone is 1. The summed E-state index contributed by atoms with van der Waals surface area (Å²) in [7, 11) is 0. The third-order valence-electron chi connectivity index (χ3n) is 1.39. The lowest BCUT2D eigenvalue weighted by Crippen LogP contribution is -2.15. The number of ketones is 1. The van der Waals surface area contributed by atoms with Gasteiger partial charge in [-0.25, -0.2) is 4.79 Å². The van der Waals surface area contributed by atoms with Crippen LogP contribution in [0.2, 0.25) is 0 Å². The second-order valence-corrected chi connectivity index (χ2v) is 2.82. The maximum atomic E-state index is 11.2. The molecule has 0 aliphatic rings. The summed E-state index contributed by atoms with van der Waals surface area (Å²) in [5.41, 5.74) is 0.795. The van der Waals surface area contributed by atoms with Gasteiger partial charge in [0.25, 0.3) is 0 Å². The van der Waals surface area contributed by atoms with Gasteiger partial charge >= 0.3 is 5.97 Å². The van der Waals surface area contributed by atoms with Crippen LogP contribution in [0.3, 0.4) is 0 Å². The van der Waals surface area contributed by atoms with Crippen molar-refractivity contribution in [3.63, 3.8) is 0 Å². The highest BCUT2D eigenvalue weighted by Gasteiger charge is 2.16. The Morgan fingerprint density at radius 2 is 1.85 bits per heavy atom. The lowest BCUT2D eigenvalue weighted by Gasteiger charge is -2.04. The first-order valence-electron chi connectivity index (χ1n) is 3.97. The number of rotatable bonds is 4. The van der Waals surface area contributed by atoms with E-state index in [1.165, 1.54) is 13.0 Å². The summed E-state index contributed by atoms with van der Waals surface area (Å²) in [6.07, 6.45) is 1.46. The zero-order valence-electron chi connectivity index (χ0n) is 8.22. The molecule has 72 valence electrons. The van der Waals surface area contributed by atoms with Crippen molar-refractivity contribution >= 4 is 11.8 Å². The SMILES string of the molecule is C=CCOC(=O)C(C(C)=O)=C(C)C. The lowest BCUT2D eigenvalue weighted by atomic mass is 10.1. The van der Waals surface area contributed by atoms with E-state index in [1.807, 2.05) is 0 Å². The van der Waals surface area contributed by atoms with E-state index in [0.717, 1.165) is 0 Å². The van der Waals surface area contributed by atoms with Crippen LogP contribution in [0.4, 0.5) is 0 Å². The van der Waals surface area contributed by atoms with E-state index >= 15 is 0 Å². The van der Waals surface area contributed by atoms with E-state index in [-0.39, 0.29) is 18.0 Å². The zero-order chi connectivity index (χ0) is 10.4. The van der Waals surface area contributed by atoms with Crippen molar-refractivity contribution in [2.24, 2.45) is 0 Å². The van der Waals surface area contributed by atoms with E-state index in [0.29, 0.717) is 5.57 Å². The van der Waals surface area contributed by atoms with Gasteiger partial charge < -0.3 is 4.74 Å². The van der Waals surface area contributed by atoms with Crippen LogP contribution in [-0.2, 0) is 14.3 Å². The van der Waals surface area contributed by atoms with Crippen molar-refractivity contribution in [1.29, 1.82) is 0 Å². The Balaban J connectivity index is 4.59. The predicted octanol–water partition coefficient (Wildman–Crippen LogP) is 1.64. The van der Waals surface area contributed by atoms with Gasteiger partial charge in [0.15, 0.2) is 5.78 Å². The molecule has 0 unspecified atom stereocenters. The fourth-order valence-electron chi connectivity index (χ4n) is 0.907. The largest absolute Gasteiger partial charge is 0.458 e. The van der Waals surface area contributed by atoms with Crippen LogP contribution in [0.15, 0.2) is 23.8 Å². The van der Waals surface area contributed by atoms with E-state index in [9.17, 15) is 9.59 Å². The molecule has 0 aromatic heterocycles. The molecule has 0 radical (unpaired) electrons. The topological polar surface area (TPSA) is 43.4 Å². The Labute approximate surface area is 78.1 Å². The average Bonchev–Trinajstić information content (AvgIpc) is 1.99. The van der Waals surface area contributed by atoms with E-state index in [1.54, 1.807) is 13.8 Å². The molecular formula is C10H14O3. The van der Waals surface area contributed by atoms with Crippen LogP contribution in [0, 0.1) is 0 Å². The first kappa shape index (κ1) is 11.6. The second-order valence-electron chi connectivity index (χ2n) is 2.82. The monoisotopic (exact) mass is 182 g/mol. The van der Waals surface area contributed by atoms with Crippen LogP contribution in [0.5, 0.6) is 0 Å². The average molecular weight is 182 g/mol. The first-order valence-corrected chi connectivity index (χ1v) is 3.97. The molecule has 0 atom stereocenters. The molecule has 0 bridgehead atoms. The van der Waals surface area contributed by atoms with Crippen molar-refractivity contribution in [1.82, 2.24) is 0 Å². The molecule has 0 saturated heterocycles. The molecule has 0 N–H and O–H groups in total. The molecule has 0 spiro atoms.